The van der Waals surface area contributed by atoms with Crippen molar-refractivity contribution in [3.05, 3.63) is 33.1 Å². The van der Waals surface area contributed by atoms with E-state index in [4.69, 9.17) is 5.73 Å². The number of carbonyl (C=O) groups excluding carboxylic acids is 1. The van der Waals surface area contributed by atoms with Crippen LogP contribution in [0.15, 0.2) is 22.7 Å². The lowest BCUT2D eigenvalue weighted by molar-refractivity contribution is 0.0864. The number of nitrogens with zero attached hydrogens (tertiary/aromatic N) is 1. The van der Waals surface area contributed by atoms with Crippen LogP contribution in [0.3, 0.4) is 0 Å². The molecule has 0 aliphatic carbocycles. The van der Waals surface area contributed by atoms with Crippen LogP contribution in [-0.4, -0.2) is 30.4 Å². The normalized spacial score (nSPS) is 28.1. The van der Waals surface area contributed by atoms with Gasteiger partial charge in [0.2, 0.25) is 0 Å². The highest BCUT2D eigenvalue weighted by Gasteiger charge is 2.38. The van der Waals surface area contributed by atoms with Gasteiger partial charge < -0.3 is 10.6 Å². The van der Waals surface area contributed by atoms with E-state index in [9.17, 15) is 4.79 Å². The maximum Gasteiger partial charge on any atom is 0.259 e. The van der Waals surface area contributed by atoms with Gasteiger partial charge in [0.25, 0.3) is 5.91 Å². The number of thiophene rings is 1. The van der Waals surface area contributed by atoms with Gasteiger partial charge in [-0.05, 0) is 64.8 Å². The largest absolute Gasteiger partial charge is 0.365 e. The van der Waals surface area contributed by atoms with E-state index < -0.39 is 0 Å². The monoisotopic (exact) mass is 364 g/mol. The predicted octanol–water partition coefficient (Wildman–Crippen LogP) is 3.57. The van der Waals surface area contributed by atoms with E-state index in [-0.39, 0.29) is 5.91 Å². The van der Waals surface area contributed by atoms with Gasteiger partial charge in [0.15, 0.2) is 0 Å². The Labute approximate surface area is 136 Å². The van der Waals surface area contributed by atoms with Crippen LogP contribution in [0.4, 0.5) is 0 Å². The molecule has 2 bridgehead atoms. The van der Waals surface area contributed by atoms with Gasteiger partial charge >= 0.3 is 0 Å². The van der Waals surface area contributed by atoms with Crippen LogP contribution >= 0.6 is 27.3 Å². The molecule has 3 saturated heterocycles. The quantitative estimate of drug-likeness (QED) is 0.885. The van der Waals surface area contributed by atoms with Crippen molar-refractivity contribution in [2.75, 3.05) is 19.6 Å². The Balaban J connectivity index is 1.92. The summed E-state index contributed by atoms with van der Waals surface area (Å²) in [5, 5.41) is 1.21. The number of fused-ring (bicyclic) bond motifs is 4. The summed E-state index contributed by atoms with van der Waals surface area (Å²) in [5.41, 5.74) is 6.88. The molecule has 2 aromatic rings. The fraction of sp³-hybridized carbons (Fsp3) is 0.438. The van der Waals surface area contributed by atoms with Gasteiger partial charge in [-0.1, -0.05) is 12.1 Å². The number of hydrogen-bond acceptors (Lipinski definition) is 3. The van der Waals surface area contributed by atoms with E-state index in [1.165, 1.54) is 48.2 Å². The van der Waals surface area contributed by atoms with Crippen LogP contribution in [0, 0.1) is 5.92 Å². The molecule has 1 amide bonds. The second-order valence-electron chi connectivity index (χ2n) is 6.07. The molecule has 21 heavy (non-hydrogen) atoms. The highest BCUT2D eigenvalue weighted by Crippen LogP contribution is 2.46. The SMILES string of the molecule is NC(=O)c1sc2c(Br)cccc2c1[C@@H]1CN2CCC1CC2. The van der Waals surface area contributed by atoms with Crippen LogP contribution in [-0.2, 0) is 0 Å². The summed E-state index contributed by atoms with van der Waals surface area (Å²) < 4.78 is 2.21. The van der Waals surface area contributed by atoms with Crippen molar-refractivity contribution in [1.82, 2.24) is 4.90 Å². The third-order valence-electron chi connectivity index (χ3n) is 4.96. The van der Waals surface area contributed by atoms with Gasteiger partial charge in [-0.2, -0.15) is 0 Å². The Morgan fingerprint density at radius 2 is 2.10 bits per heavy atom. The minimum Gasteiger partial charge on any atom is -0.365 e. The molecule has 3 aliphatic rings. The minimum atomic E-state index is -0.283. The number of benzene rings is 1. The first kappa shape index (κ1) is 13.7. The van der Waals surface area contributed by atoms with E-state index in [0.29, 0.717) is 11.8 Å². The van der Waals surface area contributed by atoms with Crippen LogP contribution in [0.1, 0.15) is 34.0 Å². The van der Waals surface area contributed by atoms with E-state index in [1.807, 2.05) is 6.07 Å². The molecule has 3 nitrogen and oxygen atoms in total. The molecule has 5 heteroatoms. The first-order chi connectivity index (χ1) is 10.1. The molecule has 0 saturated carbocycles. The molecule has 5 rings (SSSR count). The maximum absolute atomic E-state index is 12.0. The number of amides is 1. The number of nitrogens with two attached hydrogens (primary N) is 1. The third kappa shape index (κ3) is 2.14. The average molecular weight is 365 g/mol. The van der Waals surface area contributed by atoms with Crippen LogP contribution in [0.25, 0.3) is 10.1 Å². The first-order valence-electron chi connectivity index (χ1n) is 7.38. The number of piperidine rings is 3. The minimum absolute atomic E-state index is 0.283. The smallest absolute Gasteiger partial charge is 0.259 e. The molecule has 110 valence electrons. The molecule has 1 atom stereocenters. The molecule has 2 N–H and O–H groups in total. The number of rotatable bonds is 2. The Hall–Kier alpha value is -0.910. The fourth-order valence-electron chi connectivity index (χ4n) is 3.95. The second kappa shape index (κ2) is 5.07. The molecule has 3 fully saturated rings. The molecule has 4 heterocycles. The number of hydrogen-bond donors (Lipinski definition) is 1. The highest BCUT2D eigenvalue weighted by atomic mass is 79.9. The molecule has 0 spiro atoms. The Kier molecular flexibility index (Phi) is 3.32. The van der Waals surface area contributed by atoms with Gasteiger partial charge in [0.1, 0.15) is 0 Å². The zero-order valence-corrected chi connectivity index (χ0v) is 14.0. The lowest BCUT2D eigenvalue weighted by Gasteiger charge is -2.45. The summed E-state index contributed by atoms with van der Waals surface area (Å²) in [4.78, 5) is 15.2. The van der Waals surface area contributed by atoms with Crippen molar-refractivity contribution in [2.45, 2.75) is 18.8 Å². The maximum atomic E-state index is 12.0. The summed E-state index contributed by atoms with van der Waals surface area (Å²) >= 11 is 5.15. The van der Waals surface area contributed by atoms with Crippen LogP contribution < -0.4 is 5.73 Å². The van der Waals surface area contributed by atoms with Crippen LogP contribution in [0.2, 0.25) is 0 Å². The van der Waals surface area contributed by atoms with E-state index in [2.05, 4.69) is 33.0 Å². The Bertz CT molecular complexity index is 718. The van der Waals surface area contributed by atoms with Crippen molar-refractivity contribution in [1.29, 1.82) is 0 Å². The molecule has 1 aromatic heterocycles. The van der Waals surface area contributed by atoms with E-state index in [1.54, 1.807) is 0 Å². The predicted molar refractivity (Wildman–Crippen MR) is 89.9 cm³/mol. The van der Waals surface area contributed by atoms with Crippen LogP contribution in [0.5, 0.6) is 0 Å². The summed E-state index contributed by atoms with van der Waals surface area (Å²) in [6.07, 6.45) is 2.49. The topological polar surface area (TPSA) is 46.3 Å². The molecule has 1 aromatic carbocycles. The van der Waals surface area contributed by atoms with Crippen molar-refractivity contribution >= 4 is 43.3 Å². The molecular formula is C16H17BrN2OS. The lowest BCUT2D eigenvalue weighted by atomic mass is 9.74. The van der Waals surface area contributed by atoms with Crippen molar-refractivity contribution in [2.24, 2.45) is 11.7 Å². The summed E-state index contributed by atoms with van der Waals surface area (Å²) in [5.74, 6) is 0.873. The lowest BCUT2D eigenvalue weighted by Crippen LogP contribution is -2.46. The molecule has 3 aliphatic heterocycles. The average Bonchev–Trinajstić information content (AvgIpc) is 2.89. The van der Waals surface area contributed by atoms with Gasteiger partial charge in [-0.25, -0.2) is 0 Å². The standard InChI is InChI=1S/C16H17BrN2OS/c17-12-3-1-2-10-13(15(16(18)20)21-14(10)12)11-8-19-6-4-9(11)5-7-19/h1-3,9,11H,4-8H2,(H2,18,20)/t11-/m1/s1. The second-order valence-corrected chi connectivity index (χ2v) is 7.95. The van der Waals surface area contributed by atoms with Gasteiger partial charge in [0, 0.05) is 21.6 Å². The van der Waals surface area contributed by atoms with Crippen molar-refractivity contribution < 1.29 is 4.79 Å². The number of carbonyl (C=O) groups is 1. The Morgan fingerprint density at radius 1 is 1.33 bits per heavy atom. The van der Waals surface area contributed by atoms with E-state index >= 15 is 0 Å². The fourth-order valence-corrected chi connectivity index (χ4v) is 5.69. The zero-order valence-electron chi connectivity index (χ0n) is 11.6. The first-order valence-corrected chi connectivity index (χ1v) is 8.99. The molecule has 0 radical (unpaired) electrons. The van der Waals surface area contributed by atoms with Crippen molar-refractivity contribution in [3.8, 4) is 0 Å². The summed E-state index contributed by atoms with van der Waals surface area (Å²) in [6.45, 7) is 3.49. The summed E-state index contributed by atoms with van der Waals surface area (Å²) in [6, 6.07) is 6.22. The van der Waals surface area contributed by atoms with E-state index in [0.717, 1.165) is 20.6 Å². The highest BCUT2D eigenvalue weighted by molar-refractivity contribution is 9.10. The van der Waals surface area contributed by atoms with Gasteiger partial charge in [-0.3, -0.25) is 4.79 Å². The van der Waals surface area contributed by atoms with Gasteiger partial charge in [-0.15, -0.1) is 11.3 Å². The Morgan fingerprint density at radius 3 is 2.71 bits per heavy atom. The number of primary amides is 1. The van der Waals surface area contributed by atoms with Crippen molar-refractivity contribution in [3.63, 3.8) is 0 Å². The zero-order chi connectivity index (χ0) is 14.6. The summed E-state index contributed by atoms with van der Waals surface area (Å²) in [7, 11) is 0. The number of halogens is 1. The molecule has 0 unspecified atom stereocenters. The van der Waals surface area contributed by atoms with Gasteiger partial charge in [0.05, 0.1) is 4.88 Å². The third-order valence-corrected chi connectivity index (χ3v) is 7.15. The molecular weight excluding hydrogens is 348 g/mol.